The first-order valence-corrected chi connectivity index (χ1v) is 7.99. The molecule has 112 valence electrons. The highest BCUT2D eigenvalue weighted by Gasteiger charge is 2.14. The van der Waals surface area contributed by atoms with Crippen LogP contribution in [0.25, 0.3) is 10.9 Å². The van der Waals surface area contributed by atoms with Crippen LogP contribution in [-0.2, 0) is 6.54 Å². The van der Waals surface area contributed by atoms with Crippen LogP contribution in [-0.4, -0.2) is 36.1 Å². The van der Waals surface area contributed by atoms with Gasteiger partial charge in [-0.1, -0.05) is 18.6 Å². The summed E-state index contributed by atoms with van der Waals surface area (Å²) in [7, 11) is 2.22. The second-order valence-electron chi connectivity index (χ2n) is 6.32. The summed E-state index contributed by atoms with van der Waals surface area (Å²) in [6, 6.07) is 11.5. The van der Waals surface area contributed by atoms with Gasteiger partial charge in [-0.3, -0.25) is 4.98 Å². The first-order valence-electron chi connectivity index (χ1n) is 7.99. The van der Waals surface area contributed by atoms with Crippen LogP contribution in [0.1, 0.15) is 30.5 Å². The summed E-state index contributed by atoms with van der Waals surface area (Å²) >= 11 is 0. The Morgan fingerprint density at radius 1 is 1.24 bits per heavy atom. The number of nitrogens with one attached hydrogen (secondary N) is 1. The average molecular weight is 283 g/mol. The SMILES string of the molecule is Cc1ccc2cc(CN(C)CC3CCCCN3)ccc2n1. The molecule has 1 aromatic heterocycles. The number of nitrogens with zero attached hydrogens (tertiary/aromatic N) is 2. The van der Waals surface area contributed by atoms with Gasteiger partial charge in [-0.25, -0.2) is 0 Å². The Bertz CT molecular complexity index is 602. The predicted molar refractivity (Wildman–Crippen MR) is 88.5 cm³/mol. The number of benzene rings is 1. The van der Waals surface area contributed by atoms with Crippen molar-refractivity contribution in [1.29, 1.82) is 0 Å². The van der Waals surface area contributed by atoms with Crippen LogP contribution in [0.2, 0.25) is 0 Å². The third-order valence-electron chi connectivity index (χ3n) is 4.29. The minimum atomic E-state index is 0.661. The van der Waals surface area contributed by atoms with Crippen LogP contribution >= 0.6 is 0 Å². The van der Waals surface area contributed by atoms with E-state index in [9.17, 15) is 0 Å². The first kappa shape index (κ1) is 14.5. The van der Waals surface area contributed by atoms with Gasteiger partial charge in [0, 0.05) is 30.2 Å². The molecule has 3 nitrogen and oxygen atoms in total. The van der Waals surface area contributed by atoms with Crippen LogP contribution in [0.4, 0.5) is 0 Å². The number of fused-ring (bicyclic) bond motifs is 1. The van der Waals surface area contributed by atoms with Crippen LogP contribution in [0, 0.1) is 6.92 Å². The third kappa shape index (κ3) is 3.80. The molecule has 1 aliphatic heterocycles. The van der Waals surface area contributed by atoms with Gasteiger partial charge in [0.15, 0.2) is 0 Å². The van der Waals surface area contributed by atoms with Crippen molar-refractivity contribution < 1.29 is 0 Å². The second-order valence-corrected chi connectivity index (χ2v) is 6.32. The van der Waals surface area contributed by atoms with Gasteiger partial charge in [0.05, 0.1) is 5.52 Å². The minimum absolute atomic E-state index is 0.661. The van der Waals surface area contributed by atoms with E-state index in [4.69, 9.17) is 0 Å². The van der Waals surface area contributed by atoms with E-state index < -0.39 is 0 Å². The summed E-state index contributed by atoms with van der Waals surface area (Å²) in [4.78, 5) is 6.99. The minimum Gasteiger partial charge on any atom is -0.313 e. The molecule has 0 spiro atoms. The maximum absolute atomic E-state index is 4.57. The van der Waals surface area contributed by atoms with E-state index in [1.165, 1.54) is 36.8 Å². The van der Waals surface area contributed by atoms with Gasteiger partial charge in [-0.05, 0) is 57.1 Å². The molecule has 1 atom stereocenters. The highest BCUT2D eigenvalue weighted by molar-refractivity contribution is 5.79. The molecule has 1 fully saturated rings. The quantitative estimate of drug-likeness (QED) is 0.934. The Morgan fingerprint density at radius 2 is 2.14 bits per heavy atom. The number of aryl methyl sites for hydroxylation is 1. The van der Waals surface area contributed by atoms with Crippen molar-refractivity contribution >= 4 is 10.9 Å². The van der Waals surface area contributed by atoms with Gasteiger partial charge >= 0.3 is 0 Å². The molecule has 1 saturated heterocycles. The van der Waals surface area contributed by atoms with Gasteiger partial charge in [-0.15, -0.1) is 0 Å². The standard InChI is InChI=1S/C18H25N3/c1-14-6-8-16-11-15(7-9-18(16)20-14)12-21(2)13-17-5-3-4-10-19-17/h6-9,11,17,19H,3-5,10,12-13H2,1-2H3. The molecule has 21 heavy (non-hydrogen) atoms. The number of pyridine rings is 1. The van der Waals surface area contributed by atoms with Crippen LogP contribution in [0.5, 0.6) is 0 Å². The zero-order valence-corrected chi connectivity index (χ0v) is 13.1. The Kier molecular flexibility index (Phi) is 4.51. The number of aromatic nitrogens is 1. The van der Waals surface area contributed by atoms with Crippen LogP contribution in [0.15, 0.2) is 30.3 Å². The fraction of sp³-hybridized carbons (Fsp3) is 0.500. The van der Waals surface area contributed by atoms with E-state index in [1.807, 2.05) is 6.92 Å². The summed E-state index contributed by atoms with van der Waals surface area (Å²) in [5.74, 6) is 0. The van der Waals surface area contributed by atoms with E-state index in [0.29, 0.717) is 6.04 Å². The lowest BCUT2D eigenvalue weighted by Crippen LogP contribution is -2.42. The fourth-order valence-corrected chi connectivity index (χ4v) is 3.21. The Morgan fingerprint density at radius 3 is 2.95 bits per heavy atom. The molecule has 0 radical (unpaired) electrons. The molecule has 1 N–H and O–H groups in total. The lowest BCUT2D eigenvalue weighted by atomic mass is 10.0. The molecule has 0 aliphatic carbocycles. The van der Waals surface area contributed by atoms with Crippen LogP contribution < -0.4 is 5.32 Å². The molecule has 2 aromatic rings. The lowest BCUT2D eigenvalue weighted by Gasteiger charge is -2.28. The lowest BCUT2D eigenvalue weighted by molar-refractivity contribution is 0.256. The molecule has 0 bridgehead atoms. The number of hydrogen-bond acceptors (Lipinski definition) is 3. The molecule has 0 saturated carbocycles. The van der Waals surface area contributed by atoms with E-state index in [1.54, 1.807) is 0 Å². The number of hydrogen-bond donors (Lipinski definition) is 1. The summed E-state index contributed by atoms with van der Waals surface area (Å²) in [5, 5.41) is 4.86. The smallest absolute Gasteiger partial charge is 0.0705 e. The number of likely N-dealkylation sites (N-methyl/N-ethyl adjacent to an activating group) is 1. The van der Waals surface area contributed by atoms with Crippen molar-refractivity contribution in [1.82, 2.24) is 15.2 Å². The Labute approximate surface area is 127 Å². The molecule has 1 aliphatic rings. The third-order valence-corrected chi connectivity index (χ3v) is 4.29. The Hall–Kier alpha value is -1.45. The van der Waals surface area contributed by atoms with E-state index in [-0.39, 0.29) is 0 Å². The summed E-state index contributed by atoms with van der Waals surface area (Å²) in [6.07, 6.45) is 4.01. The number of piperidine rings is 1. The molecule has 3 heteroatoms. The second kappa shape index (κ2) is 6.54. The molecule has 3 rings (SSSR count). The normalized spacial score (nSPS) is 19.3. The zero-order chi connectivity index (χ0) is 14.7. The molecular formula is C18H25N3. The Balaban J connectivity index is 1.65. The highest BCUT2D eigenvalue weighted by atomic mass is 15.1. The summed E-state index contributed by atoms with van der Waals surface area (Å²) in [5.41, 5.74) is 3.54. The van der Waals surface area contributed by atoms with Crippen molar-refractivity contribution in [2.24, 2.45) is 0 Å². The van der Waals surface area contributed by atoms with Crippen molar-refractivity contribution in [3.8, 4) is 0 Å². The average Bonchev–Trinajstić information content (AvgIpc) is 2.48. The molecule has 1 unspecified atom stereocenters. The molecular weight excluding hydrogens is 258 g/mol. The number of rotatable bonds is 4. The maximum atomic E-state index is 4.57. The van der Waals surface area contributed by atoms with E-state index in [2.05, 4.69) is 52.6 Å². The van der Waals surface area contributed by atoms with Crippen molar-refractivity contribution in [2.45, 2.75) is 38.8 Å². The maximum Gasteiger partial charge on any atom is 0.0705 e. The fourth-order valence-electron chi connectivity index (χ4n) is 3.21. The van der Waals surface area contributed by atoms with Gasteiger partial charge in [0.2, 0.25) is 0 Å². The van der Waals surface area contributed by atoms with Gasteiger partial charge in [-0.2, -0.15) is 0 Å². The predicted octanol–water partition coefficient (Wildman–Crippen LogP) is 3.12. The first-order chi connectivity index (χ1) is 10.2. The largest absolute Gasteiger partial charge is 0.313 e. The van der Waals surface area contributed by atoms with Gasteiger partial charge in [0.25, 0.3) is 0 Å². The van der Waals surface area contributed by atoms with Crippen molar-refractivity contribution in [3.05, 3.63) is 41.6 Å². The van der Waals surface area contributed by atoms with Crippen LogP contribution in [0.3, 0.4) is 0 Å². The topological polar surface area (TPSA) is 28.2 Å². The molecule has 0 amide bonds. The van der Waals surface area contributed by atoms with Gasteiger partial charge in [0.1, 0.15) is 0 Å². The van der Waals surface area contributed by atoms with Crippen molar-refractivity contribution in [2.75, 3.05) is 20.1 Å². The summed E-state index contributed by atoms with van der Waals surface area (Å²) in [6.45, 7) is 5.35. The van der Waals surface area contributed by atoms with E-state index >= 15 is 0 Å². The monoisotopic (exact) mass is 283 g/mol. The molecule has 2 heterocycles. The zero-order valence-electron chi connectivity index (χ0n) is 13.1. The summed E-state index contributed by atoms with van der Waals surface area (Å²) < 4.78 is 0. The van der Waals surface area contributed by atoms with Gasteiger partial charge < -0.3 is 10.2 Å². The highest BCUT2D eigenvalue weighted by Crippen LogP contribution is 2.16. The molecule has 1 aromatic carbocycles. The van der Waals surface area contributed by atoms with E-state index in [0.717, 1.165) is 24.3 Å². The van der Waals surface area contributed by atoms with Crippen molar-refractivity contribution in [3.63, 3.8) is 0 Å².